The van der Waals surface area contributed by atoms with Crippen LogP contribution in [0.2, 0.25) is 0 Å². The Labute approximate surface area is 124 Å². The number of anilines is 1. The highest BCUT2D eigenvalue weighted by Gasteiger charge is 2.35. The molecule has 1 fully saturated rings. The van der Waals surface area contributed by atoms with Crippen molar-refractivity contribution >= 4 is 11.6 Å². The molecule has 1 unspecified atom stereocenters. The van der Waals surface area contributed by atoms with Gasteiger partial charge in [-0.15, -0.1) is 0 Å². The van der Waals surface area contributed by atoms with Gasteiger partial charge in [0.25, 0.3) is 0 Å². The van der Waals surface area contributed by atoms with Crippen LogP contribution in [-0.4, -0.2) is 22.6 Å². The highest BCUT2D eigenvalue weighted by Crippen LogP contribution is 2.32. The Morgan fingerprint density at radius 1 is 1.38 bits per heavy atom. The van der Waals surface area contributed by atoms with Gasteiger partial charge in [-0.3, -0.25) is 4.79 Å². The van der Waals surface area contributed by atoms with E-state index < -0.39 is 0 Å². The largest absolute Gasteiger partial charge is 0.339 e. The van der Waals surface area contributed by atoms with Gasteiger partial charge in [-0.1, -0.05) is 30.3 Å². The number of rotatable bonds is 4. The first-order chi connectivity index (χ1) is 10.2. The number of benzene rings is 1. The molecule has 1 saturated heterocycles. The van der Waals surface area contributed by atoms with Crippen molar-refractivity contribution in [1.82, 2.24) is 10.1 Å². The topological polar surface area (TPSA) is 59.2 Å². The fourth-order valence-corrected chi connectivity index (χ4v) is 2.73. The van der Waals surface area contributed by atoms with Gasteiger partial charge in [-0.05, 0) is 25.0 Å². The molecule has 0 radical (unpaired) electrons. The minimum absolute atomic E-state index is 0.00443. The van der Waals surface area contributed by atoms with E-state index in [1.165, 1.54) is 0 Å². The number of aryl methyl sites for hydroxylation is 2. The molecule has 0 N–H and O–H groups in total. The van der Waals surface area contributed by atoms with E-state index in [1.807, 2.05) is 36.1 Å². The molecular formula is C16H19N3O2. The molecule has 1 atom stereocenters. The zero-order valence-corrected chi connectivity index (χ0v) is 12.4. The summed E-state index contributed by atoms with van der Waals surface area (Å²) in [7, 11) is 0. The Bertz CT molecular complexity index is 650. The molecule has 2 heterocycles. The van der Waals surface area contributed by atoms with E-state index in [1.54, 1.807) is 0 Å². The van der Waals surface area contributed by atoms with Crippen LogP contribution in [0.1, 0.15) is 43.0 Å². The zero-order valence-electron chi connectivity index (χ0n) is 12.4. The Kier molecular flexibility index (Phi) is 3.73. The first-order valence-corrected chi connectivity index (χ1v) is 7.37. The first kappa shape index (κ1) is 13.8. The van der Waals surface area contributed by atoms with Gasteiger partial charge >= 0.3 is 0 Å². The summed E-state index contributed by atoms with van der Waals surface area (Å²) in [5.74, 6) is 1.43. The molecule has 0 spiro atoms. The summed E-state index contributed by atoms with van der Waals surface area (Å²) >= 11 is 0. The van der Waals surface area contributed by atoms with Gasteiger partial charge in [-0.2, -0.15) is 4.98 Å². The predicted molar refractivity (Wildman–Crippen MR) is 79.2 cm³/mol. The van der Waals surface area contributed by atoms with Gasteiger partial charge in [0.1, 0.15) is 0 Å². The summed E-state index contributed by atoms with van der Waals surface area (Å²) in [6.07, 6.45) is 2.23. The molecule has 2 aromatic rings. The minimum Gasteiger partial charge on any atom is -0.339 e. The van der Waals surface area contributed by atoms with Crippen LogP contribution in [0, 0.1) is 6.92 Å². The van der Waals surface area contributed by atoms with Gasteiger partial charge in [0.2, 0.25) is 11.8 Å². The lowest BCUT2D eigenvalue weighted by Gasteiger charge is -2.18. The number of carbonyl (C=O) groups excluding carboxylic acids is 1. The average Bonchev–Trinajstić information content (AvgIpc) is 3.07. The molecule has 5 nitrogen and oxygen atoms in total. The normalized spacial score (nSPS) is 18.5. The van der Waals surface area contributed by atoms with E-state index in [9.17, 15) is 4.79 Å². The summed E-state index contributed by atoms with van der Waals surface area (Å²) in [6.45, 7) is 4.70. The Balaban J connectivity index is 1.79. The van der Waals surface area contributed by atoms with Crippen molar-refractivity contribution < 1.29 is 9.32 Å². The number of nitrogens with zero attached hydrogens (tertiary/aromatic N) is 3. The van der Waals surface area contributed by atoms with Crippen LogP contribution in [0.25, 0.3) is 0 Å². The predicted octanol–water partition coefficient (Wildman–Crippen LogP) is 2.85. The maximum Gasteiger partial charge on any atom is 0.232 e. The first-order valence-electron chi connectivity index (χ1n) is 7.37. The third-order valence-electron chi connectivity index (χ3n) is 3.84. The standard InChI is InChI=1S/C16H19N3O2/c1-3-6-14-17-16(21-18-14)12-9-15(20)19(10-12)13-8-5-4-7-11(13)2/h4-5,7-8,12H,3,6,9-10H2,1-2H3. The van der Waals surface area contributed by atoms with Gasteiger partial charge in [0, 0.05) is 25.1 Å². The van der Waals surface area contributed by atoms with Crippen molar-refractivity contribution in [1.29, 1.82) is 0 Å². The fourth-order valence-electron chi connectivity index (χ4n) is 2.73. The van der Waals surface area contributed by atoms with E-state index in [-0.39, 0.29) is 11.8 Å². The number of para-hydroxylation sites is 1. The Hall–Kier alpha value is -2.17. The molecule has 1 aromatic heterocycles. The summed E-state index contributed by atoms with van der Waals surface area (Å²) in [4.78, 5) is 18.5. The third kappa shape index (κ3) is 2.68. The van der Waals surface area contributed by atoms with Crippen molar-refractivity contribution in [3.05, 3.63) is 41.5 Å². The van der Waals surface area contributed by atoms with E-state index in [2.05, 4.69) is 17.1 Å². The fraction of sp³-hybridized carbons (Fsp3) is 0.438. The second kappa shape index (κ2) is 5.68. The number of amides is 1. The second-order valence-corrected chi connectivity index (χ2v) is 5.49. The van der Waals surface area contributed by atoms with Crippen LogP contribution < -0.4 is 4.90 Å². The average molecular weight is 285 g/mol. The lowest BCUT2D eigenvalue weighted by molar-refractivity contribution is -0.117. The number of aromatic nitrogens is 2. The molecular weight excluding hydrogens is 266 g/mol. The highest BCUT2D eigenvalue weighted by atomic mass is 16.5. The summed E-state index contributed by atoms with van der Waals surface area (Å²) < 4.78 is 5.32. The summed E-state index contributed by atoms with van der Waals surface area (Å²) in [6, 6.07) is 7.93. The van der Waals surface area contributed by atoms with Crippen LogP contribution in [0.4, 0.5) is 5.69 Å². The van der Waals surface area contributed by atoms with Gasteiger partial charge in [0.05, 0.1) is 5.92 Å². The maximum atomic E-state index is 12.3. The van der Waals surface area contributed by atoms with Crippen molar-refractivity contribution in [3.63, 3.8) is 0 Å². The van der Waals surface area contributed by atoms with Crippen molar-refractivity contribution in [2.24, 2.45) is 0 Å². The lowest BCUT2D eigenvalue weighted by Crippen LogP contribution is -2.25. The molecule has 5 heteroatoms. The minimum atomic E-state index is -0.00443. The van der Waals surface area contributed by atoms with E-state index in [0.29, 0.717) is 18.9 Å². The molecule has 1 aromatic carbocycles. The Morgan fingerprint density at radius 2 is 2.19 bits per heavy atom. The van der Waals surface area contributed by atoms with Gasteiger partial charge in [0.15, 0.2) is 5.82 Å². The smallest absolute Gasteiger partial charge is 0.232 e. The summed E-state index contributed by atoms with van der Waals surface area (Å²) in [5.41, 5.74) is 2.07. The quantitative estimate of drug-likeness (QED) is 0.866. The zero-order chi connectivity index (χ0) is 14.8. The number of carbonyl (C=O) groups is 1. The SMILES string of the molecule is CCCc1noc(C2CC(=O)N(c3ccccc3C)C2)n1. The van der Waals surface area contributed by atoms with Crippen molar-refractivity contribution in [2.45, 2.75) is 39.0 Å². The number of hydrogen-bond donors (Lipinski definition) is 0. The van der Waals surface area contributed by atoms with Crippen molar-refractivity contribution in [2.75, 3.05) is 11.4 Å². The molecule has 0 bridgehead atoms. The third-order valence-corrected chi connectivity index (χ3v) is 3.84. The van der Waals surface area contributed by atoms with Crippen LogP contribution in [0.15, 0.2) is 28.8 Å². The van der Waals surface area contributed by atoms with Crippen LogP contribution in [0.5, 0.6) is 0 Å². The van der Waals surface area contributed by atoms with Crippen LogP contribution >= 0.6 is 0 Å². The lowest BCUT2D eigenvalue weighted by atomic mass is 10.1. The molecule has 1 amide bonds. The van der Waals surface area contributed by atoms with Gasteiger partial charge < -0.3 is 9.42 Å². The summed E-state index contributed by atoms with van der Waals surface area (Å²) in [5, 5.41) is 3.97. The molecule has 0 saturated carbocycles. The van der Waals surface area contributed by atoms with Gasteiger partial charge in [-0.25, -0.2) is 0 Å². The maximum absolute atomic E-state index is 12.3. The molecule has 110 valence electrons. The monoisotopic (exact) mass is 285 g/mol. The Morgan fingerprint density at radius 3 is 2.95 bits per heavy atom. The molecule has 3 rings (SSSR count). The van der Waals surface area contributed by atoms with E-state index in [4.69, 9.17) is 4.52 Å². The highest BCUT2D eigenvalue weighted by molar-refractivity contribution is 5.97. The number of hydrogen-bond acceptors (Lipinski definition) is 4. The molecule has 21 heavy (non-hydrogen) atoms. The van der Waals surface area contributed by atoms with E-state index >= 15 is 0 Å². The molecule has 1 aliphatic heterocycles. The second-order valence-electron chi connectivity index (χ2n) is 5.49. The van der Waals surface area contributed by atoms with Crippen LogP contribution in [-0.2, 0) is 11.2 Å². The van der Waals surface area contributed by atoms with E-state index in [0.717, 1.165) is 29.9 Å². The van der Waals surface area contributed by atoms with Crippen molar-refractivity contribution in [3.8, 4) is 0 Å². The molecule has 1 aliphatic rings. The van der Waals surface area contributed by atoms with Crippen LogP contribution in [0.3, 0.4) is 0 Å². The molecule has 0 aliphatic carbocycles.